The van der Waals surface area contributed by atoms with Crippen LogP contribution < -0.4 is 15.0 Å². The summed E-state index contributed by atoms with van der Waals surface area (Å²) in [5.74, 6) is -0.323. The van der Waals surface area contributed by atoms with Crippen LogP contribution in [0.3, 0.4) is 0 Å². The number of hydrogen-bond donors (Lipinski definition) is 3. The second-order valence-electron chi connectivity index (χ2n) is 10.8. The number of hydrogen-bond acceptors (Lipinski definition) is 8. The lowest BCUT2D eigenvalue weighted by atomic mass is 9.84. The first-order valence-corrected chi connectivity index (χ1v) is 13.3. The van der Waals surface area contributed by atoms with Crippen LogP contribution in [0.15, 0.2) is 35.9 Å². The summed E-state index contributed by atoms with van der Waals surface area (Å²) in [5.41, 5.74) is -0.479. The van der Waals surface area contributed by atoms with Crippen LogP contribution in [-0.2, 0) is 25.4 Å². The monoisotopic (exact) mass is 564 g/mol. The summed E-state index contributed by atoms with van der Waals surface area (Å²) in [7, 11) is 4.56. The Balaban J connectivity index is 1.74. The number of anilines is 1. The van der Waals surface area contributed by atoms with Crippen molar-refractivity contribution in [2.75, 3.05) is 26.2 Å². The van der Waals surface area contributed by atoms with E-state index in [0.717, 1.165) is 11.1 Å². The molecule has 3 aliphatic heterocycles. The molecule has 3 N–H and O–H groups in total. The summed E-state index contributed by atoms with van der Waals surface area (Å²) in [6, 6.07) is 3.63. The molecule has 3 heterocycles. The maximum absolute atomic E-state index is 13.3. The third kappa shape index (κ3) is 5.81. The minimum atomic E-state index is -1.73. The average Bonchev–Trinajstić information content (AvgIpc) is 3.58. The molecule has 0 radical (unpaired) electrons. The Kier molecular flexibility index (Phi) is 8.35. The van der Waals surface area contributed by atoms with Gasteiger partial charge in [0.05, 0.1) is 31.4 Å². The Labute approximate surface area is 233 Å². The van der Waals surface area contributed by atoms with Gasteiger partial charge in [-0.3, -0.25) is 10.1 Å². The Hall–Kier alpha value is -2.63. The molecule has 4 rings (SSSR count). The third-order valence-corrected chi connectivity index (χ3v) is 8.36. The fourth-order valence-electron chi connectivity index (χ4n) is 5.46. The number of rotatable bonds is 2. The predicted molar refractivity (Wildman–Crippen MR) is 145 cm³/mol. The number of halogens is 1. The molecule has 1 aromatic rings. The van der Waals surface area contributed by atoms with Gasteiger partial charge in [-0.15, -0.1) is 0 Å². The molecule has 10 nitrogen and oxygen atoms in total. The van der Waals surface area contributed by atoms with Crippen LogP contribution in [0.1, 0.15) is 39.2 Å². The first-order chi connectivity index (χ1) is 18.3. The molecule has 39 heavy (non-hydrogen) atoms. The highest BCUT2D eigenvalue weighted by Gasteiger charge is 2.62. The standard InChI is InChI=1S/C28H37ClN2O8/c1-15-8-7-9-22(37-6)28(35)14-20(38-26(34)30-28)16(2)25-27(3,39-25)21(32)13-23(33)31(4)18-11-17(10-15)12-19(36-5)24(18)29/h7-9,11-12,16,20-22,25,32,35H,10,13-14H2,1-6H3,(H,30,34)/b9-7+,15-8+/t16-,20+,21+,22-,25+,27-,28+/m1/s1. The number of methoxy groups -OCH3 is 2. The Morgan fingerprint density at radius 1 is 1.26 bits per heavy atom. The Morgan fingerprint density at radius 2 is 1.97 bits per heavy atom. The third-order valence-electron chi connectivity index (χ3n) is 7.98. The second kappa shape index (κ2) is 11.1. The Bertz CT molecular complexity index is 1190. The lowest BCUT2D eigenvalue weighted by Gasteiger charge is -2.42. The first-order valence-electron chi connectivity index (χ1n) is 12.9. The van der Waals surface area contributed by atoms with Gasteiger partial charge in [0.1, 0.15) is 28.6 Å². The number of ether oxygens (including phenoxy) is 4. The number of fused-ring (bicyclic) bond motifs is 5. The number of allylic oxidation sites excluding steroid dienone is 3. The number of aliphatic hydroxyl groups is 2. The van der Waals surface area contributed by atoms with Crippen molar-refractivity contribution in [1.29, 1.82) is 0 Å². The largest absolute Gasteiger partial charge is 0.495 e. The predicted octanol–water partition coefficient (Wildman–Crippen LogP) is 3.12. The van der Waals surface area contributed by atoms with Crippen molar-refractivity contribution in [3.05, 3.63) is 46.5 Å². The van der Waals surface area contributed by atoms with Gasteiger partial charge in [0.25, 0.3) is 0 Å². The van der Waals surface area contributed by atoms with Gasteiger partial charge in [-0.25, -0.2) is 4.79 Å². The highest BCUT2D eigenvalue weighted by Crippen LogP contribution is 2.48. The minimum Gasteiger partial charge on any atom is -0.495 e. The van der Waals surface area contributed by atoms with Crippen LogP contribution >= 0.6 is 11.6 Å². The van der Waals surface area contributed by atoms with Crippen molar-refractivity contribution in [2.24, 2.45) is 5.92 Å². The fourth-order valence-corrected chi connectivity index (χ4v) is 5.78. The maximum Gasteiger partial charge on any atom is 0.409 e. The molecule has 2 saturated heterocycles. The van der Waals surface area contributed by atoms with E-state index >= 15 is 0 Å². The van der Waals surface area contributed by atoms with E-state index in [2.05, 4.69) is 5.32 Å². The van der Waals surface area contributed by atoms with Gasteiger partial charge in [0, 0.05) is 26.5 Å². The molecule has 2 fully saturated rings. The molecule has 214 valence electrons. The normalized spacial score (nSPS) is 37.6. The molecule has 1 aromatic carbocycles. The number of carbonyl (C=O) groups excluding carboxylic acids is 2. The van der Waals surface area contributed by atoms with E-state index < -0.39 is 47.8 Å². The lowest BCUT2D eigenvalue weighted by molar-refractivity contribution is -0.142. The minimum absolute atomic E-state index is 0.0310. The van der Waals surface area contributed by atoms with Crippen LogP contribution in [0.4, 0.5) is 10.5 Å². The molecule has 2 amide bonds. The second-order valence-corrected chi connectivity index (χ2v) is 11.2. The number of amides is 2. The highest BCUT2D eigenvalue weighted by atomic mass is 35.5. The van der Waals surface area contributed by atoms with Crippen LogP contribution in [0.25, 0.3) is 0 Å². The average molecular weight is 565 g/mol. The van der Waals surface area contributed by atoms with Gasteiger partial charge in [-0.2, -0.15) is 0 Å². The van der Waals surface area contributed by atoms with Gasteiger partial charge in [0.15, 0.2) is 5.72 Å². The van der Waals surface area contributed by atoms with Crippen molar-refractivity contribution in [3.63, 3.8) is 0 Å². The zero-order valence-electron chi connectivity index (χ0n) is 23.1. The van der Waals surface area contributed by atoms with E-state index in [-0.39, 0.29) is 23.8 Å². The summed E-state index contributed by atoms with van der Waals surface area (Å²) >= 11 is 6.58. The number of carbonyl (C=O) groups is 2. The summed E-state index contributed by atoms with van der Waals surface area (Å²) < 4.78 is 22.4. The highest BCUT2D eigenvalue weighted by molar-refractivity contribution is 6.35. The zero-order valence-corrected chi connectivity index (χ0v) is 23.8. The molecule has 7 atom stereocenters. The van der Waals surface area contributed by atoms with Crippen LogP contribution in [0.2, 0.25) is 5.02 Å². The Morgan fingerprint density at radius 3 is 2.64 bits per heavy atom. The summed E-state index contributed by atoms with van der Waals surface area (Å²) in [6.45, 7) is 5.48. The smallest absolute Gasteiger partial charge is 0.409 e. The van der Waals surface area contributed by atoms with E-state index in [0.29, 0.717) is 17.9 Å². The number of nitrogens with zero attached hydrogens (tertiary/aromatic N) is 1. The van der Waals surface area contributed by atoms with E-state index in [1.165, 1.54) is 19.1 Å². The van der Waals surface area contributed by atoms with Crippen LogP contribution in [0.5, 0.6) is 5.75 Å². The number of nitrogens with one attached hydrogen (secondary N) is 1. The molecule has 4 bridgehead atoms. The number of benzene rings is 1. The van der Waals surface area contributed by atoms with E-state index in [9.17, 15) is 19.8 Å². The van der Waals surface area contributed by atoms with E-state index in [4.69, 9.17) is 30.5 Å². The van der Waals surface area contributed by atoms with Crippen molar-refractivity contribution in [2.45, 2.75) is 75.8 Å². The van der Waals surface area contributed by atoms with Crippen LogP contribution in [0, 0.1) is 5.92 Å². The zero-order chi connectivity index (χ0) is 28.7. The number of aliphatic hydroxyl groups excluding tert-OH is 1. The molecular formula is C28H37ClN2O8. The van der Waals surface area contributed by atoms with E-state index in [1.54, 1.807) is 26.1 Å². The quantitative estimate of drug-likeness (QED) is 0.467. The molecular weight excluding hydrogens is 528 g/mol. The van der Waals surface area contributed by atoms with Gasteiger partial charge in [-0.05, 0) is 38.0 Å². The van der Waals surface area contributed by atoms with Crippen molar-refractivity contribution < 1.29 is 38.7 Å². The van der Waals surface area contributed by atoms with Gasteiger partial charge in [-0.1, -0.05) is 42.3 Å². The molecule has 0 aromatic heterocycles. The molecule has 0 spiro atoms. The van der Waals surface area contributed by atoms with Gasteiger partial charge < -0.3 is 34.1 Å². The van der Waals surface area contributed by atoms with Gasteiger partial charge >= 0.3 is 6.09 Å². The summed E-state index contributed by atoms with van der Waals surface area (Å²) in [4.78, 5) is 27.1. The van der Waals surface area contributed by atoms with Crippen LogP contribution in [-0.4, -0.2) is 79.2 Å². The van der Waals surface area contributed by atoms with Gasteiger partial charge in [0.2, 0.25) is 5.91 Å². The number of alkyl carbamates (subject to hydrolysis) is 1. The summed E-state index contributed by atoms with van der Waals surface area (Å²) in [5, 5.41) is 25.3. The van der Waals surface area contributed by atoms with Crippen molar-refractivity contribution in [3.8, 4) is 5.75 Å². The van der Waals surface area contributed by atoms with E-state index in [1.807, 2.05) is 32.1 Å². The molecule has 0 aliphatic carbocycles. The fraction of sp³-hybridized carbons (Fsp3) is 0.571. The molecule has 0 unspecified atom stereocenters. The SMILES string of the molecule is COc1cc2cc(c1Cl)N(C)C(=O)C[C@H](O)[C@@]1(C)O[C@H]1[C@H](C)[C@@H]1C[C@@](O)(NC(=O)O1)[C@H](OC)/C=C/C=C(\C)C2. The van der Waals surface area contributed by atoms with Crippen molar-refractivity contribution in [1.82, 2.24) is 5.32 Å². The first kappa shape index (κ1) is 29.4. The topological polar surface area (TPSA) is 130 Å². The lowest BCUT2D eigenvalue weighted by Crippen LogP contribution is -2.63. The maximum atomic E-state index is 13.3. The molecule has 0 saturated carbocycles. The van der Waals surface area contributed by atoms with Crippen molar-refractivity contribution >= 4 is 29.3 Å². The molecule has 3 aliphatic rings. The molecule has 11 heteroatoms. The number of epoxide rings is 1. The summed E-state index contributed by atoms with van der Waals surface area (Å²) in [6.07, 6.45) is 1.63.